The quantitative estimate of drug-likeness (QED) is 0.735. The zero-order valence-corrected chi connectivity index (χ0v) is 11.1. The first-order valence-corrected chi connectivity index (χ1v) is 6.29. The number of aliphatic hydroxyl groups excluding tert-OH is 1. The zero-order valence-electron chi connectivity index (χ0n) is 11.1. The summed E-state index contributed by atoms with van der Waals surface area (Å²) in [6.07, 6.45) is -1.90. The van der Waals surface area contributed by atoms with Crippen LogP contribution in [0.1, 0.15) is 27.7 Å². The second-order valence-corrected chi connectivity index (χ2v) is 5.89. The largest absolute Gasteiger partial charge is 0.394 e. The Bertz CT molecular complexity index is 341. The zero-order chi connectivity index (χ0) is 13.1. The van der Waals surface area contributed by atoms with E-state index in [4.69, 9.17) is 23.7 Å². The summed E-state index contributed by atoms with van der Waals surface area (Å²) < 4.78 is 28.9. The fourth-order valence-corrected chi connectivity index (χ4v) is 2.84. The Hall–Kier alpha value is -0.240. The molecule has 0 amide bonds. The molecule has 3 aliphatic rings. The minimum atomic E-state index is -0.708. The summed E-state index contributed by atoms with van der Waals surface area (Å²) in [5, 5.41) is 9.40. The van der Waals surface area contributed by atoms with Crippen LogP contribution in [-0.2, 0) is 23.7 Å². The van der Waals surface area contributed by atoms with Gasteiger partial charge < -0.3 is 28.8 Å². The van der Waals surface area contributed by atoms with Gasteiger partial charge in [-0.15, -0.1) is 0 Å². The first-order chi connectivity index (χ1) is 8.31. The molecule has 0 aromatic carbocycles. The van der Waals surface area contributed by atoms with Crippen molar-refractivity contribution in [3.8, 4) is 0 Å². The van der Waals surface area contributed by atoms with Gasteiger partial charge in [-0.25, -0.2) is 0 Å². The van der Waals surface area contributed by atoms with Crippen molar-refractivity contribution in [1.29, 1.82) is 0 Å². The standard InChI is InChI=1S/C12H20O6/c1-11(2)15-7-6(5-13)14-10-9(8(7)16-11)17-12(3,4)18-10/h6-10,13H,5H2,1-4H3/t6?,7-,8-,9-,10+/m1/s1. The van der Waals surface area contributed by atoms with Gasteiger partial charge in [-0.05, 0) is 27.7 Å². The molecule has 1 N–H and O–H groups in total. The van der Waals surface area contributed by atoms with Crippen LogP contribution in [0.4, 0.5) is 0 Å². The summed E-state index contributed by atoms with van der Waals surface area (Å²) in [7, 11) is 0. The van der Waals surface area contributed by atoms with E-state index in [1.54, 1.807) is 0 Å². The summed E-state index contributed by atoms with van der Waals surface area (Å²) in [5.74, 6) is -1.41. The third-order valence-electron chi connectivity index (χ3n) is 3.43. The first-order valence-electron chi connectivity index (χ1n) is 6.29. The summed E-state index contributed by atoms with van der Waals surface area (Å²) in [6, 6.07) is 0. The predicted octanol–water partition coefficient (Wildman–Crippen LogP) is 0.375. The maximum absolute atomic E-state index is 9.40. The van der Waals surface area contributed by atoms with Crippen LogP contribution in [0.15, 0.2) is 0 Å². The maximum Gasteiger partial charge on any atom is 0.190 e. The maximum atomic E-state index is 9.40. The molecular formula is C12H20O6. The summed E-state index contributed by atoms with van der Waals surface area (Å²) >= 11 is 0. The molecule has 0 aromatic rings. The molecule has 3 rings (SSSR count). The highest BCUT2D eigenvalue weighted by atomic mass is 16.9. The molecule has 1 unspecified atom stereocenters. The van der Waals surface area contributed by atoms with Crippen LogP contribution in [0.2, 0.25) is 0 Å². The minimum absolute atomic E-state index is 0.131. The minimum Gasteiger partial charge on any atom is -0.394 e. The van der Waals surface area contributed by atoms with Gasteiger partial charge in [0.1, 0.15) is 24.4 Å². The van der Waals surface area contributed by atoms with E-state index in [-0.39, 0.29) is 24.9 Å². The average Bonchev–Trinajstić information content (AvgIpc) is 2.71. The van der Waals surface area contributed by atoms with Crippen LogP contribution in [0.25, 0.3) is 0 Å². The third kappa shape index (κ3) is 1.97. The van der Waals surface area contributed by atoms with Gasteiger partial charge in [-0.3, -0.25) is 0 Å². The number of aliphatic hydroxyl groups is 1. The lowest BCUT2D eigenvalue weighted by Gasteiger charge is -2.36. The van der Waals surface area contributed by atoms with E-state index < -0.39 is 24.0 Å². The van der Waals surface area contributed by atoms with Crippen molar-refractivity contribution in [1.82, 2.24) is 0 Å². The van der Waals surface area contributed by atoms with Gasteiger partial charge >= 0.3 is 0 Å². The first kappa shape index (κ1) is 12.8. The van der Waals surface area contributed by atoms with E-state index in [2.05, 4.69) is 0 Å². The van der Waals surface area contributed by atoms with E-state index in [1.165, 1.54) is 0 Å². The van der Waals surface area contributed by atoms with Gasteiger partial charge in [0, 0.05) is 0 Å². The van der Waals surface area contributed by atoms with E-state index in [0.29, 0.717) is 0 Å². The van der Waals surface area contributed by atoms with Crippen molar-refractivity contribution in [2.24, 2.45) is 0 Å². The Balaban J connectivity index is 1.86. The molecule has 0 aliphatic carbocycles. The van der Waals surface area contributed by atoms with Crippen molar-refractivity contribution in [2.45, 2.75) is 70.0 Å². The number of ether oxygens (including phenoxy) is 5. The topological polar surface area (TPSA) is 66.4 Å². The average molecular weight is 260 g/mol. The fraction of sp³-hybridized carbons (Fsp3) is 1.00. The summed E-state index contributed by atoms with van der Waals surface area (Å²) in [6.45, 7) is 7.22. The molecule has 0 aromatic heterocycles. The van der Waals surface area contributed by atoms with Crippen molar-refractivity contribution in [3.05, 3.63) is 0 Å². The van der Waals surface area contributed by atoms with Crippen molar-refractivity contribution >= 4 is 0 Å². The van der Waals surface area contributed by atoms with Crippen LogP contribution in [0.5, 0.6) is 0 Å². The molecule has 6 nitrogen and oxygen atoms in total. The lowest BCUT2D eigenvalue weighted by Crippen LogP contribution is -2.56. The van der Waals surface area contributed by atoms with E-state index in [9.17, 15) is 5.11 Å². The van der Waals surface area contributed by atoms with Crippen molar-refractivity contribution in [2.75, 3.05) is 6.61 Å². The summed E-state index contributed by atoms with van der Waals surface area (Å²) in [4.78, 5) is 0. The van der Waals surface area contributed by atoms with Gasteiger partial charge in [0.2, 0.25) is 0 Å². The molecule has 3 fully saturated rings. The molecular weight excluding hydrogens is 240 g/mol. The Kier molecular flexibility index (Phi) is 2.75. The van der Waals surface area contributed by atoms with Crippen molar-refractivity contribution < 1.29 is 28.8 Å². The number of fused-ring (bicyclic) bond motifs is 3. The van der Waals surface area contributed by atoms with Gasteiger partial charge in [0.05, 0.1) is 6.61 Å². The molecule has 3 heterocycles. The molecule has 0 spiro atoms. The number of rotatable bonds is 1. The smallest absolute Gasteiger partial charge is 0.190 e. The lowest BCUT2D eigenvalue weighted by molar-refractivity contribution is -0.240. The van der Waals surface area contributed by atoms with Crippen LogP contribution in [0, 0.1) is 0 Å². The monoisotopic (exact) mass is 260 g/mol. The van der Waals surface area contributed by atoms with Crippen LogP contribution < -0.4 is 0 Å². The summed E-state index contributed by atoms with van der Waals surface area (Å²) in [5.41, 5.74) is 0. The van der Waals surface area contributed by atoms with E-state index in [1.807, 2.05) is 27.7 Å². The van der Waals surface area contributed by atoms with E-state index in [0.717, 1.165) is 0 Å². The Morgan fingerprint density at radius 3 is 2.06 bits per heavy atom. The molecule has 0 bridgehead atoms. The molecule has 18 heavy (non-hydrogen) atoms. The Morgan fingerprint density at radius 2 is 1.39 bits per heavy atom. The van der Waals surface area contributed by atoms with Crippen LogP contribution in [-0.4, -0.2) is 54.0 Å². The van der Waals surface area contributed by atoms with Crippen LogP contribution >= 0.6 is 0 Å². The molecule has 3 aliphatic heterocycles. The highest BCUT2D eigenvalue weighted by molar-refractivity contribution is 4.99. The third-order valence-corrected chi connectivity index (χ3v) is 3.43. The predicted molar refractivity (Wildman–Crippen MR) is 59.6 cm³/mol. The van der Waals surface area contributed by atoms with Crippen molar-refractivity contribution in [3.63, 3.8) is 0 Å². The molecule has 3 saturated heterocycles. The Morgan fingerprint density at radius 1 is 0.833 bits per heavy atom. The van der Waals surface area contributed by atoms with Gasteiger partial charge in [0.25, 0.3) is 0 Å². The molecule has 0 radical (unpaired) electrons. The normalized spacial score (nSPS) is 48.8. The number of hydrogen-bond donors (Lipinski definition) is 1. The Labute approximate surface area is 106 Å². The fourth-order valence-electron chi connectivity index (χ4n) is 2.84. The highest BCUT2D eigenvalue weighted by Gasteiger charge is 2.60. The number of hydrogen-bond acceptors (Lipinski definition) is 6. The van der Waals surface area contributed by atoms with Gasteiger partial charge in [0.15, 0.2) is 17.9 Å². The molecule has 5 atom stereocenters. The van der Waals surface area contributed by atoms with Crippen LogP contribution in [0.3, 0.4) is 0 Å². The molecule has 104 valence electrons. The SMILES string of the molecule is CC1(C)O[C@@H]2OC(CO)[C@H]3OC(C)(C)O[C@H]3[C@H]2O1. The second-order valence-electron chi connectivity index (χ2n) is 5.89. The second kappa shape index (κ2) is 3.88. The van der Waals surface area contributed by atoms with E-state index >= 15 is 0 Å². The molecule has 0 saturated carbocycles. The van der Waals surface area contributed by atoms with Gasteiger partial charge in [-0.2, -0.15) is 0 Å². The highest BCUT2D eigenvalue weighted by Crippen LogP contribution is 2.43. The molecule has 6 heteroatoms. The lowest BCUT2D eigenvalue weighted by atomic mass is 9.99. The van der Waals surface area contributed by atoms with Gasteiger partial charge in [-0.1, -0.05) is 0 Å².